The highest BCUT2D eigenvalue weighted by atomic mass is 19.1. The number of oxazole rings is 1. The summed E-state index contributed by atoms with van der Waals surface area (Å²) in [5, 5.41) is 12.1. The number of hydrogen-bond acceptors (Lipinski definition) is 7. The van der Waals surface area contributed by atoms with E-state index in [0.717, 1.165) is 0 Å². The molecule has 8 heteroatoms. The maximum absolute atomic E-state index is 13.2. The van der Waals surface area contributed by atoms with E-state index in [1.165, 1.54) is 24.3 Å². The van der Waals surface area contributed by atoms with Gasteiger partial charge in [-0.25, -0.2) is 14.2 Å². The highest BCUT2D eigenvalue weighted by Gasteiger charge is 2.35. The van der Waals surface area contributed by atoms with E-state index in [9.17, 15) is 14.4 Å². The van der Waals surface area contributed by atoms with Crippen molar-refractivity contribution in [2.75, 3.05) is 11.9 Å². The summed E-state index contributed by atoms with van der Waals surface area (Å²) >= 11 is 0. The van der Waals surface area contributed by atoms with Gasteiger partial charge in [0, 0.05) is 0 Å². The number of carbonyl (C=O) groups excluding carboxylic acids is 1. The summed E-state index contributed by atoms with van der Waals surface area (Å²) in [4.78, 5) is 16.0. The van der Waals surface area contributed by atoms with E-state index >= 15 is 0 Å². The van der Waals surface area contributed by atoms with Crippen molar-refractivity contribution in [2.24, 2.45) is 5.73 Å². The normalized spacial score (nSPS) is 16.1. The van der Waals surface area contributed by atoms with E-state index in [2.05, 4.69) is 10.3 Å². The molecule has 2 heterocycles. The maximum Gasteiger partial charge on any atom is 0.394 e. The molecule has 3 rings (SSSR count). The van der Waals surface area contributed by atoms with Crippen molar-refractivity contribution < 1.29 is 18.3 Å². The van der Waals surface area contributed by atoms with E-state index in [0.29, 0.717) is 11.3 Å². The molecule has 0 spiro atoms. The zero-order valence-electron chi connectivity index (χ0n) is 12.7. The summed E-state index contributed by atoms with van der Waals surface area (Å²) in [6, 6.07) is 7.62. The van der Waals surface area contributed by atoms with Crippen molar-refractivity contribution in [3.63, 3.8) is 0 Å². The van der Waals surface area contributed by atoms with Crippen molar-refractivity contribution in [2.45, 2.75) is 12.8 Å². The third kappa shape index (κ3) is 2.56. The molecule has 0 fully saturated rings. The van der Waals surface area contributed by atoms with Gasteiger partial charge in [-0.15, -0.1) is 0 Å². The van der Waals surface area contributed by atoms with Gasteiger partial charge in [-0.3, -0.25) is 0 Å². The van der Waals surface area contributed by atoms with Crippen LogP contribution in [0.2, 0.25) is 0 Å². The molecule has 7 nitrogen and oxygen atoms in total. The average molecular weight is 328 g/mol. The fourth-order valence-corrected chi connectivity index (χ4v) is 2.48. The van der Waals surface area contributed by atoms with Gasteiger partial charge in [0.05, 0.1) is 24.2 Å². The third-order valence-electron chi connectivity index (χ3n) is 3.53. The number of rotatable bonds is 3. The minimum Gasteiger partial charge on any atom is -0.459 e. The molecule has 3 N–H and O–H groups in total. The number of nitrogens with two attached hydrogens (primary N) is 1. The molecular formula is C16H13FN4O3. The lowest BCUT2D eigenvalue weighted by Crippen LogP contribution is -2.22. The van der Waals surface area contributed by atoms with Crippen molar-refractivity contribution >= 4 is 11.9 Å². The number of fused-ring (bicyclic) bond motifs is 1. The third-order valence-corrected chi connectivity index (χ3v) is 3.53. The maximum atomic E-state index is 13.2. The number of carbonyl (C=O) groups is 1. The highest BCUT2D eigenvalue weighted by molar-refractivity contribution is 5.85. The smallest absolute Gasteiger partial charge is 0.394 e. The van der Waals surface area contributed by atoms with Crippen molar-refractivity contribution in [1.29, 1.82) is 5.26 Å². The minimum absolute atomic E-state index is 0.0888. The SMILES string of the molecule is CCOC(=O)c1nc2c(o1)NC(N)=C(C#N)[C@@H]2c1ccc(F)cc1. The number of nitrogens with one attached hydrogen (secondary N) is 1. The first kappa shape index (κ1) is 15.6. The lowest BCUT2D eigenvalue weighted by Gasteiger charge is -2.22. The monoisotopic (exact) mass is 328 g/mol. The standard InChI is InChI=1S/C16H13FN4O3/c1-2-23-16(22)15-20-12-11(8-3-5-9(17)6-4-8)10(7-18)13(19)21-14(12)24-15/h3-6,11,21H,2,19H2,1H3/t11-/m0/s1. The van der Waals surface area contributed by atoms with Crippen molar-refractivity contribution in [3.8, 4) is 6.07 Å². The number of esters is 1. The Morgan fingerprint density at radius 2 is 2.21 bits per heavy atom. The Morgan fingerprint density at radius 3 is 2.83 bits per heavy atom. The van der Waals surface area contributed by atoms with Crippen LogP contribution in [0.15, 0.2) is 40.1 Å². The lowest BCUT2D eigenvalue weighted by molar-refractivity contribution is 0.0482. The van der Waals surface area contributed by atoms with E-state index in [-0.39, 0.29) is 29.8 Å². The molecule has 0 saturated carbocycles. The Kier molecular flexibility index (Phi) is 3.92. The molecule has 1 atom stereocenters. The van der Waals surface area contributed by atoms with Crippen LogP contribution in [0.5, 0.6) is 0 Å². The van der Waals surface area contributed by atoms with Crippen LogP contribution >= 0.6 is 0 Å². The fourth-order valence-electron chi connectivity index (χ4n) is 2.48. The molecule has 0 saturated heterocycles. The number of nitrogens with zero attached hydrogens (tertiary/aromatic N) is 2. The Balaban J connectivity index is 2.11. The van der Waals surface area contributed by atoms with Crippen LogP contribution in [-0.4, -0.2) is 17.6 Å². The van der Waals surface area contributed by atoms with Gasteiger partial charge in [-0.1, -0.05) is 12.1 Å². The van der Waals surface area contributed by atoms with Crippen molar-refractivity contribution in [1.82, 2.24) is 4.98 Å². The second-order valence-corrected chi connectivity index (χ2v) is 5.00. The van der Waals surface area contributed by atoms with E-state index in [1.807, 2.05) is 6.07 Å². The van der Waals surface area contributed by atoms with Gasteiger partial charge in [0.25, 0.3) is 0 Å². The molecule has 24 heavy (non-hydrogen) atoms. The van der Waals surface area contributed by atoms with Gasteiger partial charge in [-0.2, -0.15) is 5.26 Å². The van der Waals surface area contributed by atoms with Crippen LogP contribution in [0, 0.1) is 17.1 Å². The Morgan fingerprint density at radius 1 is 1.50 bits per heavy atom. The van der Waals surface area contributed by atoms with Gasteiger partial charge in [0.2, 0.25) is 5.88 Å². The Bertz CT molecular complexity index is 864. The van der Waals surface area contributed by atoms with Gasteiger partial charge in [0.15, 0.2) is 0 Å². The van der Waals surface area contributed by atoms with Crippen LogP contribution in [0.3, 0.4) is 0 Å². The molecule has 0 bridgehead atoms. The second kappa shape index (κ2) is 6.04. The predicted molar refractivity (Wildman–Crippen MR) is 81.2 cm³/mol. The van der Waals surface area contributed by atoms with Crippen molar-refractivity contribution in [3.05, 3.63) is 58.6 Å². The average Bonchev–Trinajstić information content (AvgIpc) is 2.98. The largest absolute Gasteiger partial charge is 0.459 e. The van der Waals surface area contributed by atoms with Gasteiger partial charge >= 0.3 is 11.9 Å². The van der Waals surface area contributed by atoms with Gasteiger partial charge < -0.3 is 20.2 Å². The summed E-state index contributed by atoms with van der Waals surface area (Å²) in [6.07, 6.45) is 0. The minimum atomic E-state index is -0.719. The molecule has 122 valence electrons. The Hall–Kier alpha value is -3.34. The topological polar surface area (TPSA) is 114 Å². The fraction of sp³-hybridized carbons (Fsp3) is 0.188. The molecule has 1 aromatic carbocycles. The first-order valence-corrected chi connectivity index (χ1v) is 7.15. The number of halogens is 1. The number of ether oxygens (including phenoxy) is 1. The summed E-state index contributed by atoms with van der Waals surface area (Å²) in [5.41, 5.74) is 6.99. The number of aromatic nitrogens is 1. The highest BCUT2D eigenvalue weighted by Crippen LogP contribution is 2.40. The lowest BCUT2D eigenvalue weighted by atomic mass is 9.87. The first-order valence-electron chi connectivity index (χ1n) is 7.15. The summed E-state index contributed by atoms with van der Waals surface area (Å²) in [6.45, 7) is 1.83. The van der Waals surface area contributed by atoms with E-state index in [1.54, 1.807) is 6.92 Å². The van der Waals surface area contributed by atoms with Crippen LogP contribution in [0.25, 0.3) is 0 Å². The molecule has 0 unspecified atom stereocenters. The van der Waals surface area contributed by atoms with E-state index < -0.39 is 17.7 Å². The second-order valence-electron chi connectivity index (χ2n) is 5.00. The zero-order chi connectivity index (χ0) is 17.3. The molecule has 1 aromatic heterocycles. The summed E-state index contributed by atoms with van der Waals surface area (Å²) in [5.74, 6) is -1.79. The van der Waals surface area contributed by atoms with E-state index in [4.69, 9.17) is 14.9 Å². The molecule has 0 radical (unpaired) electrons. The van der Waals surface area contributed by atoms with Gasteiger partial charge in [-0.05, 0) is 24.6 Å². The number of allylic oxidation sites excluding steroid dienone is 1. The molecular weight excluding hydrogens is 315 g/mol. The number of nitriles is 1. The molecule has 1 aliphatic heterocycles. The molecule has 1 aliphatic rings. The number of hydrogen-bond donors (Lipinski definition) is 2. The summed E-state index contributed by atoms with van der Waals surface area (Å²) in [7, 11) is 0. The Labute approximate surface area is 136 Å². The summed E-state index contributed by atoms with van der Waals surface area (Å²) < 4.78 is 23.4. The quantitative estimate of drug-likeness (QED) is 0.830. The van der Waals surface area contributed by atoms with Crippen LogP contribution < -0.4 is 11.1 Å². The van der Waals surface area contributed by atoms with Crippen LogP contribution in [-0.2, 0) is 4.74 Å². The zero-order valence-corrected chi connectivity index (χ0v) is 12.7. The van der Waals surface area contributed by atoms with Crippen LogP contribution in [0.1, 0.15) is 34.8 Å². The van der Waals surface area contributed by atoms with Gasteiger partial charge in [0.1, 0.15) is 17.3 Å². The first-order chi connectivity index (χ1) is 11.5. The molecule has 0 aliphatic carbocycles. The number of benzene rings is 1. The molecule has 2 aromatic rings. The molecule has 0 amide bonds. The predicted octanol–water partition coefficient (Wildman–Crippen LogP) is 2.24. The number of anilines is 1. The van der Waals surface area contributed by atoms with Crippen LogP contribution in [0.4, 0.5) is 10.3 Å².